The van der Waals surface area contributed by atoms with Crippen LogP contribution in [-0.4, -0.2) is 23.9 Å². The number of likely N-dealkylation sites (N-methyl/N-ethyl adjacent to an activating group) is 1. The monoisotopic (exact) mass is 344 g/mol. The summed E-state index contributed by atoms with van der Waals surface area (Å²) in [5.41, 5.74) is 2.72. The third kappa shape index (κ3) is 5.18. The summed E-state index contributed by atoms with van der Waals surface area (Å²) in [5.74, 6) is 0.0669. The fourth-order valence-electron chi connectivity index (χ4n) is 2.47. The summed E-state index contributed by atoms with van der Waals surface area (Å²) in [6.45, 7) is 9.97. The van der Waals surface area contributed by atoms with Crippen LogP contribution in [-0.2, 0) is 23.3 Å². The van der Waals surface area contributed by atoms with E-state index in [1.54, 1.807) is 11.3 Å². The van der Waals surface area contributed by atoms with E-state index in [4.69, 9.17) is 0 Å². The molecule has 0 spiro atoms. The summed E-state index contributed by atoms with van der Waals surface area (Å²) in [6, 6.07) is 12.6. The quantitative estimate of drug-likeness (QED) is 0.852. The molecule has 0 aliphatic carbocycles. The van der Waals surface area contributed by atoms with E-state index in [9.17, 15) is 4.79 Å². The Morgan fingerprint density at radius 2 is 1.88 bits per heavy atom. The number of thiophene rings is 1. The molecule has 1 amide bonds. The number of hydrogen-bond acceptors (Lipinski definition) is 3. The van der Waals surface area contributed by atoms with Gasteiger partial charge in [-0.1, -0.05) is 51.1 Å². The van der Waals surface area contributed by atoms with Crippen LogP contribution in [0.15, 0.2) is 41.8 Å². The van der Waals surface area contributed by atoms with Gasteiger partial charge in [0.25, 0.3) is 0 Å². The highest BCUT2D eigenvalue weighted by atomic mass is 32.1. The molecule has 0 fully saturated rings. The molecule has 2 aromatic rings. The van der Waals surface area contributed by atoms with E-state index in [-0.39, 0.29) is 17.4 Å². The van der Waals surface area contributed by atoms with Gasteiger partial charge >= 0.3 is 0 Å². The number of benzene rings is 1. The lowest BCUT2D eigenvalue weighted by molar-refractivity contribution is -0.125. The molecule has 130 valence electrons. The summed E-state index contributed by atoms with van der Waals surface area (Å²) < 4.78 is 0. The Labute approximate surface area is 149 Å². The van der Waals surface area contributed by atoms with E-state index in [2.05, 4.69) is 55.3 Å². The van der Waals surface area contributed by atoms with Crippen LogP contribution >= 0.6 is 11.3 Å². The summed E-state index contributed by atoms with van der Waals surface area (Å²) in [6.07, 6.45) is 0. The molecule has 1 N–H and O–H groups in total. The largest absolute Gasteiger partial charge is 0.350 e. The summed E-state index contributed by atoms with van der Waals surface area (Å²) >= 11 is 1.66. The second-order valence-corrected chi connectivity index (χ2v) is 8.37. The topological polar surface area (TPSA) is 32.3 Å². The minimum atomic E-state index is -0.160. The first-order valence-electron chi connectivity index (χ1n) is 8.37. The lowest BCUT2D eigenvalue weighted by Crippen LogP contribution is -2.42. The number of amides is 1. The first-order chi connectivity index (χ1) is 11.3. The molecule has 0 saturated carbocycles. The fourth-order valence-corrected chi connectivity index (χ4v) is 3.11. The maximum absolute atomic E-state index is 12.3. The van der Waals surface area contributed by atoms with Crippen molar-refractivity contribution >= 4 is 17.2 Å². The number of hydrogen-bond donors (Lipinski definition) is 1. The smallest absolute Gasteiger partial charge is 0.237 e. The minimum Gasteiger partial charge on any atom is -0.350 e. The number of nitrogens with one attached hydrogen (secondary N) is 1. The molecule has 0 saturated heterocycles. The molecule has 3 nitrogen and oxygen atoms in total. The van der Waals surface area contributed by atoms with Crippen LogP contribution in [0.5, 0.6) is 0 Å². The first-order valence-corrected chi connectivity index (χ1v) is 9.25. The van der Waals surface area contributed by atoms with Gasteiger partial charge in [0.2, 0.25) is 5.91 Å². The Morgan fingerprint density at radius 1 is 1.21 bits per heavy atom. The lowest BCUT2D eigenvalue weighted by atomic mass is 9.87. The number of nitrogens with zero attached hydrogens (tertiary/aromatic N) is 1. The van der Waals surface area contributed by atoms with Gasteiger partial charge in [-0.15, -0.1) is 11.3 Å². The van der Waals surface area contributed by atoms with Gasteiger partial charge in [0.15, 0.2) is 0 Å². The van der Waals surface area contributed by atoms with Gasteiger partial charge in [-0.05, 0) is 42.0 Å². The molecule has 24 heavy (non-hydrogen) atoms. The Kier molecular flexibility index (Phi) is 6.19. The maximum Gasteiger partial charge on any atom is 0.237 e. The van der Waals surface area contributed by atoms with Crippen molar-refractivity contribution in [3.63, 3.8) is 0 Å². The maximum atomic E-state index is 12.3. The molecule has 2 rings (SSSR count). The predicted octanol–water partition coefficient (Wildman–Crippen LogP) is 4.18. The zero-order valence-corrected chi connectivity index (χ0v) is 16.1. The van der Waals surface area contributed by atoms with Gasteiger partial charge < -0.3 is 5.32 Å². The van der Waals surface area contributed by atoms with E-state index in [1.165, 1.54) is 16.0 Å². The number of carbonyl (C=O) groups excluding carboxylic acids is 1. The molecule has 0 unspecified atom stereocenters. The van der Waals surface area contributed by atoms with Crippen LogP contribution in [0.1, 0.15) is 43.7 Å². The van der Waals surface area contributed by atoms with Crippen molar-refractivity contribution in [3.05, 3.63) is 57.8 Å². The third-order valence-electron chi connectivity index (χ3n) is 4.31. The van der Waals surface area contributed by atoms with Gasteiger partial charge in [0.1, 0.15) is 0 Å². The van der Waals surface area contributed by atoms with Gasteiger partial charge in [-0.25, -0.2) is 0 Å². The van der Waals surface area contributed by atoms with E-state index in [0.717, 1.165) is 6.54 Å². The number of rotatable bonds is 6. The van der Waals surface area contributed by atoms with Crippen LogP contribution < -0.4 is 5.32 Å². The highest BCUT2D eigenvalue weighted by Crippen LogP contribution is 2.22. The van der Waals surface area contributed by atoms with Gasteiger partial charge in [0, 0.05) is 11.4 Å². The summed E-state index contributed by atoms with van der Waals surface area (Å²) in [5, 5.41) is 5.04. The molecule has 0 radical (unpaired) electrons. The Balaban J connectivity index is 1.88. The van der Waals surface area contributed by atoms with Crippen LogP contribution in [0.4, 0.5) is 0 Å². The van der Waals surface area contributed by atoms with Crippen molar-refractivity contribution in [1.29, 1.82) is 0 Å². The standard InChI is InChI=1S/C20H28N2OS/c1-15(19(23)21-13-18-7-6-12-24-18)22(5)14-16-8-10-17(11-9-16)20(2,3)4/h6-12,15H,13-14H2,1-5H3,(H,21,23)/t15-/m1/s1. The van der Waals surface area contributed by atoms with Gasteiger partial charge in [0.05, 0.1) is 12.6 Å². The molecule has 4 heteroatoms. The minimum absolute atomic E-state index is 0.0669. The second-order valence-electron chi connectivity index (χ2n) is 7.34. The van der Waals surface area contributed by atoms with Crippen molar-refractivity contribution in [2.24, 2.45) is 0 Å². The molecule has 0 bridgehead atoms. The van der Waals surface area contributed by atoms with Crippen LogP contribution in [0, 0.1) is 0 Å². The van der Waals surface area contributed by atoms with Crippen molar-refractivity contribution < 1.29 is 4.79 Å². The van der Waals surface area contributed by atoms with Crippen molar-refractivity contribution in [2.45, 2.75) is 52.2 Å². The zero-order valence-electron chi connectivity index (χ0n) is 15.3. The average Bonchev–Trinajstić information content (AvgIpc) is 3.05. The molecule has 1 heterocycles. The Morgan fingerprint density at radius 3 is 2.42 bits per heavy atom. The van der Waals surface area contributed by atoms with Crippen LogP contribution in [0.25, 0.3) is 0 Å². The highest BCUT2D eigenvalue weighted by Gasteiger charge is 2.18. The Bertz CT molecular complexity index is 641. The van der Waals surface area contributed by atoms with Crippen molar-refractivity contribution in [1.82, 2.24) is 10.2 Å². The molecule has 1 atom stereocenters. The number of carbonyl (C=O) groups is 1. The fraction of sp³-hybridized carbons (Fsp3) is 0.450. The highest BCUT2D eigenvalue weighted by molar-refractivity contribution is 7.09. The molecule has 1 aromatic heterocycles. The van der Waals surface area contributed by atoms with Crippen molar-refractivity contribution in [3.8, 4) is 0 Å². The molecule has 0 aliphatic rings. The lowest BCUT2D eigenvalue weighted by Gasteiger charge is -2.24. The molecule has 0 aliphatic heterocycles. The third-order valence-corrected chi connectivity index (χ3v) is 5.19. The molecular formula is C20H28N2OS. The summed E-state index contributed by atoms with van der Waals surface area (Å²) in [4.78, 5) is 15.6. The average molecular weight is 345 g/mol. The van der Waals surface area contributed by atoms with Crippen LogP contribution in [0.3, 0.4) is 0 Å². The Hall–Kier alpha value is -1.65. The zero-order chi connectivity index (χ0) is 17.7. The van der Waals surface area contributed by atoms with E-state index >= 15 is 0 Å². The SMILES string of the molecule is C[C@H](C(=O)NCc1cccs1)N(C)Cc1ccc(C(C)(C)C)cc1. The molecule has 1 aromatic carbocycles. The van der Waals surface area contributed by atoms with E-state index in [0.29, 0.717) is 6.54 Å². The van der Waals surface area contributed by atoms with E-state index < -0.39 is 0 Å². The molecular weight excluding hydrogens is 316 g/mol. The van der Waals surface area contributed by atoms with Gasteiger partial charge in [-0.3, -0.25) is 9.69 Å². The predicted molar refractivity (Wildman–Crippen MR) is 102 cm³/mol. The van der Waals surface area contributed by atoms with Crippen LogP contribution in [0.2, 0.25) is 0 Å². The van der Waals surface area contributed by atoms with E-state index in [1.807, 2.05) is 31.5 Å². The first kappa shape index (κ1) is 18.7. The summed E-state index contributed by atoms with van der Waals surface area (Å²) in [7, 11) is 1.99. The van der Waals surface area contributed by atoms with Gasteiger partial charge in [-0.2, -0.15) is 0 Å². The second kappa shape index (κ2) is 7.95. The normalized spacial score (nSPS) is 13.1. The van der Waals surface area contributed by atoms with Crippen molar-refractivity contribution in [2.75, 3.05) is 7.05 Å².